The molecule has 0 spiro atoms. The molecule has 1 atom stereocenters. The average Bonchev–Trinajstić information content (AvgIpc) is 2.45. The maximum atomic E-state index is 6.45. The van der Waals surface area contributed by atoms with Gasteiger partial charge in [0.2, 0.25) is 0 Å². The fraction of sp³-hybridized carbons (Fsp3) is 0.647. The molecule has 0 aliphatic carbocycles. The first-order valence-electron chi connectivity index (χ1n) is 7.90. The van der Waals surface area contributed by atoms with E-state index in [1.807, 2.05) is 6.07 Å². The summed E-state index contributed by atoms with van der Waals surface area (Å²) in [6, 6.07) is 7.10. The minimum Gasteiger partial charge on any atom is -0.317 e. The van der Waals surface area contributed by atoms with Gasteiger partial charge in [0.05, 0.1) is 0 Å². The first-order valence-corrected chi connectivity index (χ1v) is 9.07. The molecule has 0 amide bonds. The Kier molecular flexibility index (Phi) is 6.54. The minimum absolute atomic E-state index is 0.348. The van der Waals surface area contributed by atoms with Crippen molar-refractivity contribution in [3.63, 3.8) is 0 Å². The third-order valence-corrected chi connectivity index (χ3v) is 5.32. The summed E-state index contributed by atoms with van der Waals surface area (Å²) >= 11 is 9.94. The lowest BCUT2D eigenvalue weighted by Gasteiger charge is -2.37. The summed E-state index contributed by atoms with van der Waals surface area (Å²) in [6.07, 6.45) is 2.56. The summed E-state index contributed by atoms with van der Waals surface area (Å²) in [4.78, 5) is 2.59. The molecule has 4 heteroatoms. The van der Waals surface area contributed by atoms with Crippen LogP contribution in [0.5, 0.6) is 0 Å². The van der Waals surface area contributed by atoms with Crippen LogP contribution in [-0.4, -0.2) is 30.6 Å². The molecule has 0 bridgehead atoms. The van der Waals surface area contributed by atoms with Crippen molar-refractivity contribution < 1.29 is 0 Å². The third-order valence-electron chi connectivity index (χ3n) is 4.50. The van der Waals surface area contributed by atoms with Crippen LogP contribution in [-0.2, 0) is 0 Å². The van der Waals surface area contributed by atoms with Crippen molar-refractivity contribution in [1.82, 2.24) is 10.2 Å². The average molecular weight is 374 g/mol. The maximum absolute atomic E-state index is 6.45. The normalized spacial score (nSPS) is 18.4. The standard InChI is InChI=1S/C17H26BrClN2/c1-12(2)21(11-14-6-8-20-9-7-14)13(3)16-5-4-15(18)10-17(16)19/h4-5,10,12-14,20H,6-9,11H2,1-3H3. The van der Waals surface area contributed by atoms with E-state index in [-0.39, 0.29) is 0 Å². The van der Waals surface area contributed by atoms with Crippen molar-refractivity contribution in [2.45, 2.75) is 45.7 Å². The third kappa shape index (κ3) is 4.69. The molecule has 1 aliphatic rings. The van der Waals surface area contributed by atoms with Gasteiger partial charge < -0.3 is 5.32 Å². The highest BCUT2D eigenvalue weighted by molar-refractivity contribution is 9.10. The molecule has 0 saturated carbocycles. The first-order chi connectivity index (χ1) is 9.99. The Labute approximate surface area is 142 Å². The Morgan fingerprint density at radius 3 is 2.52 bits per heavy atom. The van der Waals surface area contributed by atoms with Crippen LogP contribution in [0.3, 0.4) is 0 Å². The highest BCUT2D eigenvalue weighted by Gasteiger charge is 2.24. The number of halogens is 2. The van der Waals surface area contributed by atoms with Crippen LogP contribution < -0.4 is 5.32 Å². The number of hydrogen-bond donors (Lipinski definition) is 1. The van der Waals surface area contributed by atoms with Crippen LogP contribution in [0, 0.1) is 5.92 Å². The molecule has 0 aromatic heterocycles. The van der Waals surface area contributed by atoms with Gasteiger partial charge in [-0.1, -0.05) is 33.6 Å². The van der Waals surface area contributed by atoms with Gasteiger partial charge in [0.1, 0.15) is 0 Å². The van der Waals surface area contributed by atoms with Gasteiger partial charge in [0.15, 0.2) is 0 Å². The van der Waals surface area contributed by atoms with Crippen LogP contribution in [0.4, 0.5) is 0 Å². The lowest BCUT2D eigenvalue weighted by atomic mass is 9.95. The van der Waals surface area contributed by atoms with Crippen LogP contribution in [0.2, 0.25) is 5.02 Å². The molecular formula is C17H26BrClN2. The molecule has 1 aromatic rings. The van der Waals surface area contributed by atoms with Gasteiger partial charge in [0.25, 0.3) is 0 Å². The molecule has 21 heavy (non-hydrogen) atoms. The number of piperidine rings is 1. The van der Waals surface area contributed by atoms with Crippen molar-refractivity contribution >= 4 is 27.5 Å². The van der Waals surface area contributed by atoms with E-state index in [1.165, 1.54) is 18.4 Å². The second-order valence-electron chi connectivity index (χ2n) is 6.33. The predicted molar refractivity (Wildman–Crippen MR) is 95.0 cm³/mol. The summed E-state index contributed by atoms with van der Waals surface area (Å²) in [7, 11) is 0. The van der Waals surface area contributed by atoms with Gasteiger partial charge in [-0.05, 0) is 70.3 Å². The summed E-state index contributed by atoms with van der Waals surface area (Å²) in [5, 5.41) is 4.30. The number of hydrogen-bond acceptors (Lipinski definition) is 2. The Balaban J connectivity index is 2.12. The Morgan fingerprint density at radius 2 is 1.95 bits per heavy atom. The van der Waals surface area contributed by atoms with Crippen LogP contribution in [0.1, 0.15) is 45.2 Å². The number of nitrogens with one attached hydrogen (secondary N) is 1. The van der Waals surface area contributed by atoms with Gasteiger partial charge >= 0.3 is 0 Å². The predicted octanol–water partition coefficient (Wildman–Crippen LogP) is 4.87. The lowest BCUT2D eigenvalue weighted by Crippen LogP contribution is -2.40. The summed E-state index contributed by atoms with van der Waals surface area (Å²) in [5.41, 5.74) is 1.22. The summed E-state index contributed by atoms with van der Waals surface area (Å²) < 4.78 is 1.04. The highest BCUT2D eigenvalue weighted by atomic mass is 79.9. The van der Waals surface area contributed by atoms with E-state index in [0.717, 1.165) is 35.0 Å². The number of rotatable bonds is 5. The molecule has 2 rings (SSSR count). The van der Waals surface area contributed by atoms with Gasteiger partial charge in [-0.3, -0.25) is 4.90 Å². The monoisotopic (exact) mass is 372 g/mol. The van der Waals surface area contributed by atoms with E-state index in [9.17, 15) is 0 Å². The smallest absolute Gasteiger partial charge is 0.0464 e. The van der Waals surface area contributed by atoms with Gasteiger partial charge in [-0.25, -0.2) is 0 Å². The van der Waals surface area contributed by atoms with Crippen LogP contribution in [0.25, 0.3) is 0 Å². The Bertz CT molecular complexity index is 458. The molecule has 0 radical (unpaired) electrons. The summed E-state index contributed by atoms with van der Waals surface area (Å²) in [5.74, 6) is 0.797. The fourth-order valence-corrected chi connectivity index (χ4v) is 4.03. The quantitative estimate of drug-likeness (QED) is 0.792. The zero-order valence-corrected chi connectivity index (χ0v) is 15.5. The molecule has 1 unspecified atom stereocenters. The molecule has 1 aromatic carbocycles. The van der Waals surface area contributed by atoms with Gasteiger partial charge in [-0.15, -0.1) is 0 Å². The fourth-order valence-electron chi connectivity index (χ4n) is 3.20. The Morgan fingerprint density at radius 1 is 1.29 bits per heavy atom. The minimum atomic E-state index is 0.348. The van der Waals surface area contributed by atoms with Gasteiger partial charge in [-0.2, -0.15) is 0 Å². The van der Waals surface area contributed by atoms with Gasteiger partial charge in [0, 0.05) is 28.1 Å². The van der Waals surface area contributed by atoms with Crippen molar-refractivity contribution in [2.75, 3.05) is 19.6 Å². The lowest BCUT2D eigenvalue weighted by molar-refractivity contribution is 0.125. The van der Waals surface area contributed by atoms with Crippen molar-refractivity contribution in [3.05, 3.63) is 33.3 Å². The molecule has 2 nitrogen and oxygen atoms in total. The van der Waals surface area contributed by atoms with Crippen LogP contribution >= 0.6 is 27.5 Å². The molecule has 1 fully saturated rings. The largest absolute Gasteiger partial charge is 0.317 e. The van der Waals surface area contributed by atoms with E-state index in [1.54, 1.807) is 0 Å². The molecule has 1 heterocycles. The highest BCUT2D eigenvalue weighted by Crippen LogP contribution is 2.32. The Hall–Kier alpha value is -0.0900. The van der Waals surface area contributed by atoms with Crippen LogP contribution in [0.15, 0.2) is 22.7 Å². The molecule has 1 saturated heterocycles. The zero-order valence-electron chi connectivity index (χ0n) is 13.2. The first kappa shape index (κ1) is 17.3. The van der Waals surface area contributed by atoms with E-state index < -0.39 is 0 Å². The van der Waals surface area contributed by atoms with Crippen molar-refractivity contribution in [3.8, 4) is 0 Å². The second-order valence-corrected chi connectivity index (χ2v) is 7.65. The maximum Gasteiger partial charge on any atom is 0.0464 e. The molecule has 118 valence electrons. The topological polar surface area (TPSA) is 15.3 Å². The zero-order chi connectivity index (χ0) is 15.4. The number of nitrogens with zero attached hydrogens (tertiary/aromatic N) is 1. The summed E-state index contributed by atoms with van der Waals surface area (Å²) in [6.45, 7) is 10.3. The molecular weight excluding hydrogens is 348 g/mol. The van der Waals surface area contributed by atoms with E-state index >= 15 is 0 Å². The SMILES string of the molecule is CC(C)N(CC1CCNCC1)C(C)c1ccc(Br)cc1Cl. The van der Waals surface area contributed by atoms with Crippen molar-refractivity contribution in [1.29, 1.82) is 0 Å². The number of benzene rings is 1. The second kappa shape index (κ2) is 7.96. The molecule has 1 aliphatic heterocycles. The van der Waals surface area contributed by atoms with E-state index in [0.29, 0.717) is 12.1 Å². The van der Waals surface area contributed by atoms with E-state index in [2.05, 4.69) is 59.1 Å². The molecule has 1 N–H and O–H groups in total. The van der Waals surface area contributed by atoms with E-state index in [4.69, 9.17) is 11.6 Å². The van der Waals surface area contributed by atoms with Crippen molar-refractivity contribution in [2.24, 2.45) is 5.92 Å².